The van der Waals surface area contributed by atoms with E-state index in [1.807, 2.05) is 6.07 Å². The second kappa shape index (κ2) is 6.88. The van der Waals surface area contributed by atoms with Crippen LogP contribution in [0.5, 0.6) is 0 Å². The van der Waals surface area contributed by atoms with Gasteiger partial charge in [-0.1, -0.05) is 24.6 Å². The normalized spacial score (nSPS) is 24.9. The summed E-state index contributed by atoms with van der Waals surface area (Å²) in [5, 5.41) is 0.205. The summed E-state index contributed by atoms with van der Waals surface area (Å²) in [6, 6.07) is 6.22. The molecule has 0 heterocycles. The predicted molar refractivity (Wildman–Crippen MR) is 82.4 cm³/mol. The van der Waals surface area contributed by atoms with Crippen molar-refractivity contribution in [3.05, 3.63) is 34.6 Å². The molecule has 0 saturated heterocycles. The Labute approximate surface area is 126 Å². The van der Waals surface area contributed by atoms with Crippen LogP contribution in [0, 0.1) is 5.82 Å². The molecule has 0 bridgehead atoms. The molecule has 0 aromatic heterocycles. The van der Waals surface area contributed by atoms with Crippen molar-refractivity contribution in [2.24, 2.45) is 5.73 Å². The Morgan fingerprint density at radius 1 is 1.35 bits per heavy atom. The Morgan fingerprint density at radius 3 is 2.55 bits per heavy atom. The number of hydrogen-bond donors (Lipinski definition) is 1. The molecular formula is C16H24ClFN2. The van der Waals surface area contributed by atoms with Crippen molar-refractivity contribution in [3.8, 4) is 0 Å². The van der Waals surface area contributed by atoms with Crippen LogP contribution in [0.4, 0.5) is 4.39 Å². The van der Waals surface area contributed by atoms with Crippen LogP contribution in [-0.4, -0.2) is 23.5 Å². The molecule has 0 aliphatic heterocycles. The zero-order valence-electron chi connectivity index (χ0n) is 12.3. The number of rotatable bonds is 4. The smallest absolute Gasteiger partial charge is 0.141 e. The fourth-order valence-electron chi connectivity index (χ4n) is 3.25. The van der Waals surface area contributed by atoms with E-state index in [4.69, 9.17) is 17.3 Å². The topological polar surface area (TPSA) is 29.3 Å². The molecule has 0 spiro atoms. The van der Waals surface area contributed by atoms with E-state index in [0.29, 0.717) is 12.1 Å². The van der Waals surface area contributed by atoms with Gasteiger partial charge >= 0.3 is 0 Å². The molecule has 1 aromatic carbocycles. The van der Waals surface area contributed by atoms with E-state index in [1.54, 1.807) is 6.07 Å². The molecule has 1 fully saturated rings. The van der Waals surface area contributed by atoms with Gasteiger partial charge in [0.15, 0.2) is 0 Å². The first-order valence-corrected chi connectivity index (χ1v) is 7.87. The molecule has 2 nitrogen and oxygen atoms in total. The van der Waals surface area contributed by atoms with E-state index >= 15 is 0 Å². The largest absolute Gasteiger partial charge is 0.328 e. The van der Waals surface area contributed by atoms with Crippen molar-refractivity contribution >= 4 is 11.6 Å². The summed E-state index contributed by atoms with van der Waals surface area (Å²) in [4.78, 5) is 2.48. The highest BCUT2D eigenvalue weighted by Crippen LogP contribution is 2.31. The lowest BCUT2D eigenvalue weighted by atomic mass is 9.89. The van der Waals surface area contributed by atoms with Crippen LogP contribution >= 0.6 is 11.6 Å². The molecule has 1 atom stereocenters. The number of nitrogens with two attached hydrogens (primary N) is 1. The van der Waals surface area contributed by atoms with E-state index in [-0.39, 0.29) is 16.9 Å². The van der Waals surface area contributed by atoms with E-state index in [9.17, 15) is 4.39 Å². The summed E-state index contributed by atoms with van der Waals surface area (Å²) >= 11 is 5.90. The maximum atomic E-state index is 13.3. The standard InChI is InChI=1S/C16H24ClFN2/c1-3-20(14-7-5-13(19)6-8-14)11(2)12-4-9-16(18)15(17)10-12/h4,9-11,13-14H,3,5-8,19H2,1-2H3. The first-order valence-electron chi connectivity index (χ1n) is 7.49. The molecule has 2 rings (SSSR count). The number of benzene rings is 1. The second-order valence-electron chi connectivity index (χ2n) is 5.75. The summed E-state index contributed by atoms with van der Waals surface area (Å²) in [5.41, 5.74) is 7.06. The lowest BCUT2D eigenvalue weighted by Crippen LogP contribution is -2.42. The number of halogens is 2. The Morgan fingerprint density at radius 2 is 2.00 bits per heavy atom. The third kappa shape index (κ3) is 3.51. The highest BCUT2D eigenvalue weighted by molar-refractivity contribution is 6.30. The Bertz CT molecular complexity index is 444. The SMILES string of the molecule is CCN(C1CCC(N)CC1)C(C)c1ccc(F)c(Cl)c1. The fourth-order valence-corrected chi connectivity index (χ4v) is 3.43. The van der Waals surface area contributed by atoms with Crippen LogP contribution in [0.3, 0.4) is 0 Å². The van der Waals surface area contributed by atoms with Gasteiger partial charge in [0.2, 0.25) is 0 Å². The van der Waals surface area contributed by atoms with Gasteiger partial charge in [0, 0.05) is 18.1 Å². The van der Waals surface area contributed by atoms with Crippen molar-refractivity contribution in [1.29, 1.82) is 0 Å². The zero-order valence-corrected chi connectivity index (χ0v) is 13.0. The van der Waals surface area contributed by atoms with Gasteiger partial charge in [0.1, 0.15) is 5.82 Å². The van der Waals surface area contributed by atoms with Gasteiger partial charge in [-0.3, -0.25) is 4.90 Å². The molecule has 1 aliphatic rings. The molecule has 20 heavy (non-hydrogen) atoms. The minimum Gasteiger partial charge on any atom is -0.328 e. The van der Waals surface area contributed by atoms with Gasteiger partial charge < -0.3 is 5.73 Å². The number of nitrogens with zero attached hydrogens (tertiary/aromatic N) is 1. The van der Waals surface area contributed by atoms with Gasteiger partial charge in [-0.15, -0.1) is 0 Å². The van der Waals surface area contributed by atoms with Crippen molar-refractivity contribution in [2.45, 2.75) is 57.7 Å². The van der Waals surface area contributed by atoms with Gasteiger partial charge in [0.05, 0.1) is 5.02 Å². The third-order valence-electron chi connectivity index (χ3n) is 4.50. The Hall–Kier alpha value is -0.640. The quantitative estimate of drug-likeness (QED) is 0.905. The van der Waals surface area contributed by atoms with Gasteiger partial charge in [-0.2, -0.15) is 0 Å². The maximum Gasteiger partial charge on any atom is 0.141 e. The highest BCUT2D eigenvalue weighted by Gasteiger charge is 2.27. The first-order chi connectivity index (χ1) is 9.52. The van der Waals surface area contributed by atoms with Crippen molar-refractivity contribution in [3.63, 3.8) is 0 Å². The minimum atomic E-state index is -0.352. The second-order valence-corrected chi connectivity index (χ2v) is 6.16. The van der Waals surface area contributed by atoms with E-state index in [1.165, 1.54) is 6.07 Å². The monoisotopic (exact) mass is 298 g/mol. The van der Waals surface area contributed by atoms with E-state index < -0.39 is 0 Å². The van der Waals surface area contributed by atoms with Crippen LogP contribution in [0.2, 0.25) is 5.02 Å². The van der Waals surface area contributed by atoms with Crippen LogP contribution in [0.1, 0.15) is 51.1 Å². The molecule has 1 aliphatic carbocycles. The summed E-state index contributed by atoms with van der Waals surface area (Å²) in [6.07, 6.45) is 4.48. The Kier molecular flexibility index (Phi) is 5.42. The fraction of sp³-hybridized carbons (Fsp3) is 0.625. The van der Waals surface area contributed by atoms with Crippen LogP contribution in [0.25, 0.3) is 0 Å². The van der Waals surface area contributed by atoms with Crippen molar-refractivity contribution < 1.29 is 4.39 Å². The average molecular weight is 299 g/mol. The lowest BCUT2D eigenvalue weighted by molar-refractivity contribution is 0.114. The zero-order chi connectivity index (χ0) is 14.7. The van der Waals surface area contributed by atoms with Crippen molar-refractivity contribution in [2.75, 3.05) is 6.54 Å². The predicted octanol–water partition coefficient (Wildman–Crippen LogP) is 4.13. The van der Waals surface area contributed by atoms with Gasteiger partial charge in [-0.25, -0.2) is 4.39 Å². The third-order valence-corrected chi connectivity index (χ3v) is 4.79. The van der Waals surface area contributed by atoms with Crippen LogP contribution in [0.15, 0.2) is 18.2 Å². The molecule has 1 unspecified atom stereocenters. The summed E-state index contributed by atoms with van der Waals surface area (Å²) in [6.45, 7) is 5.33. The number of hydrogen-bond acceptors (Lipinski definition) is 2. The molecule has 1 saturated carbocycles. The summed E-state index contributed by atoms with van der Waals surface area (Å²) in [5.74, 6) is -0.352. The highest BCUT2D eigenvalue weighted by atomic mass is 35.5. The minimum absolute atomic E-state index is 0.205. The van der Waals surface area contributed by atoms with Crippen LogP contribution < -0.4 is 5.73 Å². The summed E-state index contributed by atoms with van der Waals surface area (Å²) < 4.78 is 13.3. The summed E-state index contributed by atoms with van der Waals surface area (Å²) in [7, 11) is 0. The molecule has 0 radical (unpaired) electrons. The van der Waals surface area contributed by atoms with Gasteiger partial charge in [0.25, 0.3) is 0 Å². The molecule has 2 N–H and O–H groups in total. The molecular weight excluding hydrogens is 275 g/mol. The Balaban J connectivity index is 2.11. The van der Waals surface area contributed by atoms with E-state index in [2.05, 4.69) is 18.7 Å². The maximum absolute atomic E-state index is 13.3. The van der Waals surface area contributed by atoms with Crippen molar-refractivity contribution in [1.82, 2.24) is 4.90 Å². The molecule has 4 heteroatoms. The van der Waals surface area contributed by atoms with Gasteiger partial charge in [-0.05, 0) is 56.8 Å². The molecule has 1 aromatic rings. The lowest BCUT2D eigenvalue weighted by Gasteiger charge is -2.39. The first kappa shape index (κ1) is 15.7. The average Bonchev–Trinajstić information content (AvgIpc) is 2.44. The molecule has 112 valence electrons. The van der Waals surface area contributed by atoms with Crippen LogP contribution in [-0.2, 0) is 0 Å². The van der Waals surface area contributed by atoms with E-state index in [0.717, 1.165) is 37.8 Å². The molecule has 0 amide bonds.